The van der Waals surface area contributed by atoms with Gasteiger partial charge in [-0.3, -0.25) is 0 Å². The predicted molar refractivity (Wildman–Crippen MR) is 117 cm³/mol. The van der Waals surface area contributed by atoms with Crippen molar-refractivity contribution in [2.75, 3.05) is 31.7 Å². The lowest BCUT2D eigenvalue weighted by molar-refractivity contribution is 0.0938. The van der Waals surface area contributed by atoms with Gasteiger partial charge in [0.05, 0.1) is 25.5 Å². The number of aliphatic hydroxyl groups excluding tert-OH is 1. The van der Waals surface area contributed by atoms with E-state index in [0.29, 0.717) is 19.2 Å². The van der Waals surface area contributed by atoms with E-state index in [4.69, 9.17) is 9.84 Å². The Kier molecular flexibility index (Phi) is 7.65. The Morgan fingerprint density at radius 2 is 1.86 bits per heavy atom. The second-order valence-corrected chi connectivity index (χ2v) is 7.89. The lowest BCUT2D eigenvalue weighted by Crippen LogP contribution is -2.19. The van der Waals surface area contributed by atoms with Gasteiger partial charge in [0.2, 0.25) is 5.95 Å². The second kappa shape index (κ2) is 10.4. The van der Waals surface area contributed by atoms with Crippen LogP contribution in [0.2, 0.25) is 0 Å². The average molecular weight is 414 g/mol. The highest BCUT2D eigenvalue weighted by atomic mass is 32.1. The van der Waals surface area contributed by atoms with E-state index in [1.807, 2.05) is 13.0 Å². The molecule has 0 fully saturated rings. The molecule has 7 nitrogen and oxygen atoms in total. The van der Waals surface area contributed by atoms with Gasteiger partial charge in [-0.1, -0.05) is 6.07 Å². The zero-order valence-electron chi connectivity index (χ0n) is 17.0. The minimum absolute atomic E-state index is 0.0522. The van der Waals surface area contributed by atoms with Crippen LogP contribution in [0.15, 0.2) is 30.5 Å². The maximum atomic E-state index is 8.71. The smallest absolute Gasteiger partial charge is 0.227 e. The average Bonchev–Trinajstić information content (AvgIpc) is 3.05. The molecule has 3 N–H and O–H groups in total. The number of benzene rings is 1. The quantitative estimate of drug-likeness (QED) is 0.439. The number of ether oxygens (including phenoxy) is 1. The van der Waals surface area contributed by atoms with Crippen molar-refractivity contribution >= 4 is 23.0 Å². The fourth-order valence-electron chi connectivity index (χ4n) is 2.93. The molecule has 0 aliphatic carbocycles. The van der Waals surface area contributed by atoms with E-state index in [0.717, 1.165) is 35.2 Å². The van der Waals surface area contributed by atoms with Crippen molar-refractivity contribution in [1.82, 2.24) is 20.3 Å². The van der Waals surface area contributed by atoms with Crippen molar-refractivity contribution in [3.63, 3.8) is 0 Å². The number of rotatable bonds is 10. The fourth-order valence-corrected chi connectivity index (χ4v) is 3.93. The molecule has 3 rings (SSSR count). The van der Waals surface area contributed by atoms with Gasteiger partial charge in [0.25, 0.3) is 0 Å². The van der Waals surface area contributed by atoms with Crippen LogP contribution in [0, 0.1) is 20.8 Å². The van der Waals surface area contributed by atoms with Crippen molar-refractivity contribution in [2.45, 2.75) is 27.3 Å². The van der Waals surface area contributed by atoms with Crippen molar-refractivity contribution in [3.05, 3.63) is 52.2 Å². The van der Waals surface area contributed by atoms with Gasteiger partial charge < -0.3 is 20.5 Å². The summed E-state index contributed by atoms with van der Waals surface area (Å²) < 4.78 is 5.25. The van der Waals surface area contributed by atoms with E-state index in [-0.39, 0.29) is 6.61 Å². The Morgan fingerprint density at radius 1 is 1.07 bits per heavy atom. The lowest BCUT2D eigenvalue weighted by atomic mass is 10.1. The molecule has 0 radical (unpaired) electrons. The van der Waals surface area contributed by atoms with Crippen LogP contribution in [0.25, 0.3) is 10.7 Å². The first-order chi connectivity index (χ1) is 14.0. The van der Waals surface area contributed by atoms with Gasteiger partial charge in [0.1, 0.15) is 10.7 Å². The van der Waals surface area contributed by atoms with Gasteiger partial charge in [-0.25, -0.2) is 15.0 Å². The molecule has 0 unspecified atom stereocenters. The minimum atomic E-state index is 0.0522. The number of aliphatic hydroxyl groups is 1. The predicted octanol–water partition coefficient (Wildman–Crippen LogP) is 3.37. The van der Waals surface area contributed by atoms with Gasteiger partial charge in [0.15, 0.2) is 0 Å². The summed E-state index contributed by atoms with van der Waals surface area (Å²) in [5, 5.41) is 16.2. The largest absolute Gasteiger partial charge is 0.394 e. The van der Waals surface area contributed by atoms with Crippen LogP contribution in [0.3, 0.4) is 0 Å². The summed E-state index contributed by atoms with van der Waals surface area (Å²) in [6, 6.07) is 8.16. The number of hydrogen-bond donors (Lipinski definition) is 3. The van der Waals surface area contributed by atoms with Crippen LogP contribution >= 0.6 is 11.3 Å². The van der Waals surface area contributed by atoms with E-state index in [2.05, 4.69) is 57.6 Å². The van der Waals surface area contributed by atoms with Crippen molar-refractivity contribution in [3.8, 4) is 10.7 Å². The molecule has 3 aromatic rings. The first kappa shape index (κ1) is 21.3. The molecular weight excluding hydrogens is 386 g/mol. The molecular formula is C21H27N5O2S. The Bertz CT molecular complexity index is 924. The van der Waals surface area contributed by atoms with Gasteiger partial charge >= 0.3 is 0 Å². The first-order valence-corrected chi connectivity index (χ1v) is 10.4. The van der Waals surface area contributed by atoms with Crippen LogP contribution in [0.5, 0.6) is 0 Å². The topological polar surface area (TPSA) is 92.2 Å². The highest BCUT2D eigenvalue weighted by Crippen LogP contribution is 2.27. The number of thiazole rings is 1. The second-order valence-electron chi connectivity index (χ2n) is 6.81. The Balaban J connectivity index is 1.65. The highest BCUT2D eigenvalue weighted by molar-refractivity contribution is 7.15. The van der Waals surface area contributed by atoms with Gasteiger partial charge in [0, 0.05) is 29.9 Å². The van der Waals surface area contributed by atoms with Crippen LogP contribution in [-0.4, -0.2) is 46.4 Å². The number of anilines is 2. The Labute approximate surface area is 175 Å². The van der Waals surface area contributed by atoms with Crippen molar-refractivity contribution in [2.24, 2.45) is 0 Å². The summed E-state index contributed by atoms with van der Waals surface area (Å²) in [5.74, 6) is 0.557. The number of aromatic nitrogens is 3. The summed E-state index contributed by atoms with van der Waals surface area (Å²) in [6.45, 7) is 8.60. The van der Waals surface area contributed by atoms with Crippen LogP contribution in [0.4, 0.5) is 11.6 Å². The third-order valence-electron chi connectivity index (χ3n) is 4.19. The molecule has 2 aromatic heterocycles. The molecule has 0 spiro atoms. The van der Waals surface area contributed by atoms with Crippen molar-refractivity contribution in [1.29, 1.82) is 0 Å². The van der Waals surface area contributed by atoms with E-state index in [1.54, 1.807) is 17.5 Å². The van der Waals surface area contributed by atoms with Gasteiger partial charge in [-0.05, 0) is 50.1 Å². The van der Waals surface area contributed by atoms with Crippen LogP contribution in [0.1, 0.15) is 21.7 Å². The van der Waals surface area contributed by atoms with E-state index in [9.17, 15) is 0 Å². The third-order valence-corrected chi connectivity index (χ3v) is 5.37. The molecule has 2 heterocycles. The zero-order valence-corrected chi connectivity index (χ0v) is 17.8. The lowest BCUT2D eigenvalue weighted by Gasteiger charge is -2.07. The zero-order chi connectivity index (χ0) is 20.6. The minimum Gasteiger partial charge on any atom is -0.394 e. The monoisotopic (exact) mass is 413 g/mol. The molecule has 0 saturated heterocycles. The molecule has 0 saturated carbocycles. The van der Waals surface area contributed by atoms with Gasteiger partial charge in [-0.15, -0.1) is 11.3 Å². The molecule has 29 heavy (non-hydrogen) atoms. The van der Waals surface area contributed by atoms with Crippen molar-refractivity contribution < 1.29 is 9.84 Å². The maximum absolute atomic E-state index is 8.71. The highest BCUT2D eigenvalue weighted by Gasteiger charge is 2.11. The number of hydrogen-bond acceptors (Lipinski definition) is 8. The number of nitrogens with one attached hydrogen (secondary N) is 2. The SMILES string of the molecule is Cc1cc(C)cc(Nc2nccc(-c3nc(C)c(CNCCOCCO)s3)n2)c1. The maximum Gasteiger partial charge on any atom is 0.227 e. The molecule has 0 amide bonds. The van der Waals surface area contributed by atoms with E-state index >= 15 is 0 Å². The van der Waals surface area contributed by atoms with E-state index < -0.39 is 0 Å². The molecule has 154 valence electrons. The van der Waals surface area contributed by atoms with Crippen LogP contribution < -0.4 is 10.6 Å². The summed E-state index contributed by atoms with van der Waals surface area (Å²) in [5.41, 5.74) is 5.16. The van der Waals surface area contributed by atoms with E-state index in [1.165, 1.54) is 16.0 Å². The fraction of sp³-hybridized carbons (Fsp3) is 0.381. The van der Waals surface area contributed by atoms with Crippen LogP contribution in [-0.2, 0) is 11.3 Å². The Hall–Kier alpha value is -2.39. The molecule has 0 bridgehead atoms. The third kappa shape index (κ3) is 6.30. The number of aryl methyl sites for hydroxylation is 3. The normalized spacial score (nSPS) is 11.0. The standard InChI is InChI=1S/C21H27N5O2S/c1-14-10-15(2)12-17(11-14)25-21-23-5-4-18(26-21)20-24-16(3)19(29-20)13-22-6-8-28-9-7-27/h4-5,10-12,22,27H,6-9,13H2,1-3H3,(H,23,25,26). The summed E-state index contributed by atoms with van der Waals surface area (Å²) in [6.07, 6.45) is 1.75. The molecule has 8 heteroatoms. The van der Waals surface area contributed by atoms with Gasteiger partial charge in [-0.2, -0.15) is 0 Å². The summed E-state index contributed by atoms with van der Waals surface area (Å²) in [7, 11) is 0. The molecule has 1 aromatic carbocycles. The molecule has 0 aliphatic heterocycles. The number of nitrogens with zero attached hydrogens (tertiary/aromatic N) is 3. The molecule has 0 aliphatic rings. The summed E-state index contributed by atoms with van der Waals surface area (Å²) in [4.78, 5) is 14.8. The summed E-state index contributed by atoms with van der Waals surface area (Å²) >= 11 is 1.63. The Morgan fingerprint density at radius 3 is 2.62 bits per heavy atom. The first-order valence-electron chi connectivity index (χ1n) is 9.59. The molecule has 0 atom stereocenters.